The highest BCUT2D eigenvalue weighted by atomic mass is 35.5. The van der Waals surface area contributed by atoms with E-state index < -0.39 is 6.04 Å². The van der Waals surface area contributed by atoms with Crippen LogP contribution in [-0.4, -0.2) is 18.4 Å². The molecule has 1 aliphatic heterocycles. The summed E-state index contributed by atoms with van der Waals surface area (Å²) in [4.78, 5) is 25.5. The summed E-state index contributed by atoms with van der Waals surface area (Å²) in [6.07, 6.45) is 3.08. The van der Waals surface area contributed by atoms with Crippen LogP contribution in [0, 0.1) is 0 Å². The molecule has 0 aromatic heterocycles. The highest BCUT2D eigenvalue weighted by Crippen LogP contribution is 2.41. The van der Waals surface area contributed by atoms with E-state index in [0.29, 0.717) is 11.6 Å². The van der Waals surface area contributed by atoms with Gasteiger partial charge in [0.15, 0.2) is 0 Å². The Morgan fingerprint density at radius 2 is 2.15 bits per heavy atom. The minimum atomic E-state index is -0.608. The van der Waals surface area contributed by atoms with Gasteiger partial charge in [-0.05, 0) is 12.5 Å². The summed E-state index contributed by atoms with van der Waals surface area (Å²) in [5.41, 5.74) is 1.53. The minimum Gasteiger partial charge on any atom is -0.341 e. The topological polar surface area (TPSA) is 49.4 Å². The van der Waals surface area contributed by atoms with E-state index >= 15 is 0 Å². The van der Waals surface area contributed by atoms with Crippen LogP contribution in [0.15, 0.2) is 18.2 Å². The molecule has 20 heavy (non-hydrogen) atoms. The maximum atomic E-state index is 12.5. The molecule has 0 saturated heterocycles. The number of nitrogens with zero attached hydrogens (tertiary/aromatic N) is 1. The van der Waals surface area contributed by atoms with Gasteiger partial charge in [-0.25, -0.2) is 0 Å². The predicted molar refractivity (Wildman–Crippen MR) is 79.9 cm³/mol. The van der Waals surface area contributed by atoms with E-state index in [1.807, 2.05) is 6.07 Å². The van der Waals surface area contributed by atoms with Crippen LogP contribution in [0.4, 0.5) is 5.69 Å². The third-order valence-electron chi connectivity index (χ3n) is 3.44. The van der Waals surface area contributed by atoms with Crippen molar-refractivity contribution in [3.8, 4) is 0 Å². The molecule has 1 aromatic carbocycles. The molecule has 1 atom stereocenters. The van der Waals surface area contributed by atoms with Gasteiger partial charge in [-0.3, -0.25) is 9.59 Å². The van der Waals surface area contributed by atoms with Crippen molar-refractivity contribution in [3.63, 3.8) is 0 Å². The van der Waals surface area contributed by atoms with Crippen molar-refractivity contribution < 1.29 is 9.59 Å². The summed E-state index contributed by atoms with van der Waals surface area (Å²) in [5, 5.41) is 3.26. The number of anilines is 1. The molecule has 0 fully saturated rings. The lowest BCUT2D eigenvalue weighted by molar-refractivity contribution is -0.126. The summed E-state index contributed by atoms with van der Waals surface area (Å²) < 4.78 is 0. The molecule has 0 radical (unpaired) electrons. The van der Waals surface area contributed by atoms with Crippen LogP contribution in [-0.2, 0) is 9.59 Å². The van der Waals surface area contributed by atoms with Crippen LogP contribution < -0.4 is 10.2 Å². The average Bonchev–Trinajstić information content (AvgIpc) is 2.65. The van der Waals surface area contributed by atoms with E-state index in [4.69, 9.17) is 11.6 Å². The first kappa shape index (κ1) is 14.9. The third kappa shape index (κ3) is 2.80. The number of unbranched alkanes of at least 4 members (excludes halogenated alkanes) is 2. The molecule has 0 bridgehead atoms. The monoisotopic (exact) mass is 294 g/mol. The summed E-state index contributed by atoms with van der Waals surface area (Å²) in [7, 11) is 0. The Morgan fingerprint density at radius 1 is 1.40 bits per heavy atom. The number of carbonyl (C=O) groups is 2. The molecule has 0 aliphatic carbocycles. The fraction of sp³-hybridized carbons (Fsp3) is 0.467. The van der Waals surface area contributed by atoms with E-state index in [0.717, 1.165) is 30.5 Å². The van der Waals surface area contributed by atoms with Gasteiger partial charge in [0, 0.05) is 19.0 Å². The van der Waals surface area contributed by atoms with Crippen molar-refractivity contribution in [2.24, 2.45) is 0 Å². The SMILES string of the molecule is CCCCCN1C(=O)[C@H](NC(C)=O)c2cccc(Cl)c21. The molecular weight excluding hydrogens is 276 g/mol. The van der Waals surface area contributed by atoms with Crippen molar-refractivity contribution >= 4 is 29.1 Å². The van der Waals surface area contributed by atoms with Crippen molar-refractivity contribution in [1.82, 2.24) is 5.32 Å². The summed E-state index contributed by atoms with van der Waals surface area (Å²) in [5.74, 6) is -0.316. The normalized spacial score (nSPS) is 17.2. The maximum absolute atomic E-state index is 12.5. The molecule has 2 amide bonds. The van der Waals surface area contributed by atoms with Gasteiger partial charge in [0.25, 0.3) is 5.91 Å². The van der Waals surface area contributed by atoms with Gasteiger partial charge in [0.1, 0.15) is 6.04 Å². The number of carbonyl (C=O) groups excluding carboxylic acids is 2. The van der Waals surface area contributed by atoms with Crippen LogP contribution in [0.2, 0.25) is 5.02 Å². The van der Waals surface area contributed by atoms with Gasteiger partial charge in [-0.15, -0.1) is 0 Å². The van der Waals surface area contributed by atoms with E-state index in [1.54, 1.807) is 17.0 Å². The second-order valence-electron chi connectivity index (χ2n) is 5.01. The highest BCUT2D eigenvalue weighted by molar-refractivity contribution is 6.34. The fourth-order valence-corrected chi connectivity index (χ4v) is 2.82. The molecule has 2 rings (SSSR count). The molecule has 0 saturated carbocycles. The van der Waals surface area contributed by atoms with Gasteiger partial charge in [0.05, 0.1) is 10.7 Å². The van der Waals surface area contributed by atoms with Gasteiger partial charge >= 0.3 is 0 Å². The second-order valence-corrected chi connectivity index (χ2v) is 5.42. The first-order chi connectivity index (χ1) is 9.56. The number of hydrogen-bond donors (Lipinski definition) is 1. The van der Waals surface area contributed by atoms with Gasteiger partial charge in [-0.1, -0.05) is 43.5 Å². The molecule has 108 valence electrons. The molecule has 1 N–H and O–H groups in total. The minimum absolute atomic E-state index is 0.0978. The van der Waals surface area contributed by atoms with E-state index in [1.165, 1.54) is 6.92 Å². The second kappa shape index (κ2) is 6.27. The number of rotatable bonds is 5. The van der Waals surface area contributed by atoms with E-state index in [9.17, 15) is 9.59 Å². The summed E-state index contributed by atoms with van der Waals surface area (Å²) >= 11 is 6.24. The molecular formula is C15H19ClN2O2. The fourth-order valence-electron chi connectivity index (χ4n) is 2.53. The number of fused-ring (bicyclic) bond motifs is 1. The molecule has 0 spiro atoms. The lowest BCUT2D eigenvalue weighted by Gasteiger charge is -2.18. The van der Waals surface area contributed by atoms with Crippen LogP contribution in [0.5, 0.6) is 0 Å². The van der Waals surface area contributed by atoms with Crippen LogP contribution in [0.1, 0.15) is 44.7 Å². The Balaban J connectivity index is 2.31. The number of nitrogens with one attached hydrogen (secondary N) is 1. The maximum Gasteiger partial charge on any atom is 0.254 e. The Morgan fingerprint density at radius 3 is 2.80 bits per heavy atom. The van der Waals surface area contributed by atoms with Gasteiger partial charge < -0.3 is 10.2 Å². The average molecular weight is 295 g/mol. The lowest BCUT2D eigenvalue weighted by atomic mass is 10.1. The largest absolute Gasteiger partial charge is 0.341 e. The molecule has 5 heteroatoms. The van der Waals surface area contributed by atoms with Crippen molar-refractivity contribution in [2.75, 3.05) is 11.4 Å². The first-order valence-corrected chi connectivity index (χ1v) is 7.31. The number of amides is 2. The molecule has 1 aliphatic rings. The zero-order valence-electron chi connectivity index (χ0n) is 11.8. The standard InChI is InChI=1S/C15H19ClN2O2/c1-3-4-5-9-18-14-11(7-6-8-12(14)16)13(15(18)20)17-10(2)19/h6-8,13H,3-5,9H2,1-2H3,(H,17,19)/t13-/m1/s1. The van der Waals surface area contributed by atoms with Crippen LogP contribution in [0.25, 0.3) is 0 Å². The zero-order valence-corrected chi connectivity index (χ0v) is 12.5. The number of hydrogen-bond acceptors (Lipinski definition) is 2. The number of halogens is 1. The Bertz CT molecular complexity index is 531. The zero-order chi connectivity index (χ0) is 14.7. The third-order valence-corrected chi connectivity index (χ3v) is 3.75. The Labute approximate surface area is 124 Å². The Hall–Kier alpha value is -1.55. The quantitative estimate of drug-likeness (QED) is 0.849. The molecule has 0 unspecified atom stereocenters. The molecule has 4 nitrogen and oxygen atoms in total. The smallest absolute Gasteiger partial charge is 0.254 e. The molecule has 1 aromatic rings. The predicted octanol–water partition coefficient (Wildman–Crippen LogP) is 3.05. The number of benzene rings is 1. The van der Waals surface area contributed by atoms with E-state index in [2.05, 4.69) is 12.2 Å². The first-order valence-electron chi connectivity index (χ1n) is 6.93. The lowest BCUT2D eigenvalue weighted by Crippen LogP contribution is -2.37. The van der Waals surface area contributed by atoms with Crippen molar-refractivity contribution in [3.05, 3.63) is 28.8 Å². The molecule has 1 heterocycles. The van der Waals surface area contributed by atoms with Crippen molar-refractivity contribution in [2.45, 2.75) is 39.2 Å². The van der Waals surface area contributed by atoms with Gasteiger partial charge in [0.2, 0.25) is 5.91 Å². The summed E-state index contributed by atoms with van der Waals surface area (Å²) in [6.45, 7) is 4.17. The van der Waals surface area contributed by atoms with Crippen molar-refractivity contribution in [1.29, 1.82) is 0 Å². The Kier molecular flexibility index (Phi) is 4.65. The summed E-state index contributed by atoms with van der Waals surface area (Å²) in [6, 6.07) is 4.82. The van der Waals surface area contributed by atoms with E-state index in [-0.39, 0.29) is 11.8 Å². The van der Waals surface area contributed by atoms with Gasteiger partial charge in [-0.2, -0.15) is 0 Å². The number of para-hydroxylation sites is 1. The highest BCUT2D eigenvalue weighted by Gasteiger charge is 2.38. The van der Waals surface area contributed by atoms with Crippen LogP contribution >= 0.6 is 11.6 Å². The van der Waals surface area contributed by atoms with Crippen LogP contribution in [0.3, 0.4) is 0 Å².